The van der Waals surface area contributed by atoms with Crippen molar-refractivity contribution in [3.63, 3.8) is 0 Å². The van der Waals surface area contributed by atoms with Gasteiger partial charge in [-0.2, -0.15) is 8.78 Å². The van der Waals surface area contributed by atoms with Crippen molar-refractivity contribution in [3.8, 4) is 11.5 Å². The summed E-state index contributed by atoms with van der Waals surface area (Å²) in [6.45, 7) is 2.56. The molecule has 0 aliphatic carbocycles. The molecule has 1 aromatic carbocycles. The monoisotopic (exact) mass is 442 g/mol. The van der Waals surface area contributed by atoms with Crippen LogP contribution in [-0.2, 0) is 17.8 Å². The first kappa shape index (κ1) is 23.8. The number of benzene rings is 1. The molecule has 2 rings (SSSR count). The fraction of sp³-hybridized carbons (Fsp3) is 0.500. The zero-order chi connectivity index (χ0) is 22.1. The summed E-state index contributed by atoms with van der Waals surface area (Å²) < 4.78 is 40.2. The summed E-state index contributed by atoms with van der Waals surface area (Å²) in [5.41, 5.74) is 1.64. The second kappa shape index (κ2) is 11.7. The van der Waals surface area contributed by atoms with Crippen molar-refractivity contribution in [3.05, 3.63) is 39.8 Å². The Morgan fingerprint density at radius 1 is 1.30 bits per heavy atom. The van der Waals surface area contributed by atoms with Gasteiger partial charge in [-0.05, 0) is 31.5 Å². The Hall–Kier alpha value is -2.46. The van der Waals surface area contributed by atoms with E-state index >= 15 is 0 Å². The molecule has 0 amide bonds. The number of hydrogen-bond donors (Lipinski definition) is 1. The van der Waals surface area contributed by atoms with Gasteiger partial charge in [0, 0.05) is 26.1 Å². The normalized spacial score (nSPS) is 12.7. The van der Waals surface area contributed by atoms with Crippen LogP contribution in [0.1, 0.15) is 36.2 Å². The van der Waals surface area contributed by atoms with Gasteiger partial charge in [0.1, 0.15) is 11.1 Å². The largest absolute Gasteiger partial charge is 0.493 e. The molecule has 10 heteroatoms. The van der Waals surface area contributed by atoms with Gasteiger partial charge in [0.05, 0.1) is 25.9 Å². The lowest BCUT2D eigenvalue weighted by Gasteiger charge is -2.21. The smallest absolute Gasteiger partial charge is 0.387 e. The molecule has 7 nitrogen and oxygen atoms in total. The van der Waals surface area contributed by atoms with E-state index in [1.165, 1.54) is 13.2 Å². The molecule has 0 saturated heterocycles. The molecule has 30 heavy (non-hydrogen) atoms. The molecule has 0 fully saturated rings. The average Bonchev–Trinajstić information content (AvgIpc) is 3.18. The molecule has 0 aliphatic heterocycles. The summed E-state index contributed by atoms with van der Waals surface area (Å²) in [6.07, 6.45) is -0.0457. The first-order valence-corrected chi connectivity index (χ1v) is 10.3. The zero-order valence-corrected chi connectivity index (χ0v) is 18.6. The van der Waals surface area contributed by atoms with Crippen molar-refractivity contribution in [2.75, 3.05) is 27.8 Å². The van der Waals surface area contributed by atoms with E-state index < -0.39 is 6.61 Å². The molecule has 0 spiro atoms. The lowest BCUT2D eigenvalue weighted by atomic mass is 10.2. The standard InChI is InChI=1S/C20H28F2N4O3S/c1-6-23-20(26(3)11-15-12-30-18(25-15)13(2)27-4)24-10-14-7-8-16(28-5)17(9-14)29-19(21)22/h7-9,12-13,19H,6,10-11H2,1-5H3,(H,23,24). The zero-order valence-electron chi connectivity index (χ0n) is 17.8. The van der Waals surface area contributed by atoms with Crippen LogP contribution in [0.2, 0.25) is 0 Å². The molecule has 1 atom stereocenters. The minimum Gasteiger partial charge on any atom is -0.493 e. The van der Waals surface area contributed by atoms with Gasteiger partial charge in [0.25, 0.3) is 0 Å². The average molecular weight is 443 g/mol. The van der Waals surface area contributed by atoms with Crippen molar-refractivity contribution in [1.29, 1.82) is 0 Å². The molecule has 1 heterocycles. The van der Waals surface area contributed by atoms with Crippen molar-refractivity contribution < 1.29 is 23.0 Å². The summed E-state index contributed by atoms with van der Waals surface area (Å²) in [6, 6.07) is 4.87. The summed E-state index contributed by atoms with van der Waals surface area (Å²) in [5.74, 6) is 0.913. The highest BCUT2D eigenvalue weighted by Crippen LogP contribution is 2.29. The molecule has 1 unspecified atom stereocenters. The Balaban J connectivity index is 2.12. The van der Waals surface area contributed by atoms with Gasteiger partial charge in [-0.3, -0.25) is 0 Å². The molecule has 1 aromatic heterocycles. The van der Waals surface area contributed by atoms with Crippen LogP contribution >= 0.6 is 11.3 Å². The highest BCUT2D eigenvalue weighted by molar-refractivity contribution is 7.09. The number of hydrogen-bond acceptors (Lipinski definition) is 6. The minimum absolute atomic E-state index is 0.0131. The van der Waals surface area contributed by atoms with Crippen LogP contribution in [-0.4, -0.2) is 50.3 Å². The molecular weight excluding hydrogens is 414 g/mol. The Bertz CT molecular complexity index is 832. The van der Waals surface area contributed by atoms with Crippen LogP contribution in [0.15, 0.2) is 28.6 Å². The second-order valence-corrected chi connectivity index (χ2v) is 7.33. The first-order valence-electron chi connectivity index (χ1n) is 9.46. The number of halogens is 2. The number of alkyl halides is 2. The van der Waals surface area contributed by atoms with E-state index in [4.69, 9.17) is 9.47 Å². The van der Waals surface area contributed by atoms with Crippen LogP contribution in [0.5, 0.6) is 11.5 Å². The van der Waals surface area contributed by atoms with E-state index in [0.29, 0.717) is 25.6 Å². The SMILES string of the molecule is CCNC(=NCc1ccc(OC)c(OC(F)F)c1)N(C)Cc1csc(C(C)OC)n1. The number of nitrogens with one attached hydrogen (secondary N) is 1. The van der Waals surface area contributed by atoms with E-state index in [1.54, 1.807) is 30.6 Å². The van der Waals surface area contributed by atoms with Crippen molar-refractivity contribution >= 4 is 17.3 Å². The molecule has 2 aromatic rings. The van der Waals surface area contributed by atoms with Gasteiger partial charge in [-0.15, -0.1) is 11.3 Å². The Labute approximate surface area is 179 Å². The maximum atomic E-state index is 12.6. The van der Waals surface area contributed by atoms with E-state index in [0.717, 1.165) is 16.3 Å². The lowest BCUT2D eigenvalue weighted by Crippen LogP contribution is -2.38. The van der Waals surface area contributed by atoms with Gasteiger partial charge in [0.15, 0.2) is 17.5 Å². The number of aromatic nitrogens is 1. The van der Waals surface area contributed by atoms with Gasteiger partial charge in [-0.25, -0.2) is 9.98 Å². The van der Waals surface area contributed by atoms with E-state index in [-0.39, 0.29) is 17.6 Å². The highest BCUT2D eigenvalue weighted by atomic mass is 32.1. The van der Waals surface area contributed by atoms with Gasteiger partial charge >= 0.3 is 6.61 Å². The summed E-state index contributed by atoms with van der Waals surface area (Å²) in [5, 5.41) is 6.16. The van der Waals surface area contributed by atoms with Gasteiger partial charge in [0.2, 0.25) is 0 Å². The maximum Gasteiger partial charge on any atom is 0.387 e. The molecule has 1 N–H and O–H groups in total. The third-order valence-electron chi connectivity index (χ3n) is 4.22. The van der Waals surface area contributed by atoms with E-state index in [1.807, 2.05) is 31.2 Å². The van der Waals surface area contributed by atoms with Crippen molar-refractivity contribution in [1.82, 2.24) is 15.2 Å². The predicted molar refractivity (Wildman–Crippen MR) is 113 cm³/mol. The number of methoxy groups -OCH3 is 2. The topological polar surface area (TPSA) is 68.2 Å². The number of aliphatic imine (C=N–C) groups is 1. The fourth-order valence-electron chi connectivity index (χ4n) is 2.64. The number of rotatable bonds is 10. The van der Waals surface area contributed by atoms with Crippen LogP contribution in [0, 0.1) is 0 Å². The number of guanidine groups is 1. The van der Waals surface area contributed by atoms with Crippen LogP contribution in [0.4, 0.5) is 8.78 Å². The quantitative estimate of drug-likeness (QED) is 0.442. The summed E-state index contributed by atoms with van der Waals surface area (Å²) in [4.78, 5) is 11.2. The van der Waals surface area contributed by atoms with Crippen LogP contribution in [0.3, 0.4) is 0 Å². The van der Waals surface area contributed by atoms with E-state index in [9.17, 15) is 8.78 Å². The lowest BCUT2D eigenvalue weighted by molar-refractivity contribution is -0.0512. The minimum atomic E-state index is -2.93. The molecule has 0 radical (unpaired) electrons. The third-order valence-corrected chi connectivity index (χ3v) is 5.28. The predicted octanol–water partition coefficient (Wildman–Crippen LogP) is 4.06. The van der Waals surface area contributed by atoms with Crippen molar-refractivity contribution in [2.24, 2.45) is 4.99 Å². The molecule has 0 saturated carbocycles. The molecular formula is C20H28F2N4O3S. The van der Waals surface area contributed by atoms with Gasteiger partial charge in [-0.1, -0.05) is 6.07 Å². The highest BCUT2D eigenvalue weighted by Gasteiger charge is 2.14. The first-order chi connectivity index (χ1) is 14.4. The second-order valence-electron chi connectivity index (χ2n) is 6.44. The summed E-state index contributed by atoms with van der Waals surface area (Å²) >= 11 is 1.56. The molecule has 0 aliphatic rings. The fourth-order valence-corrected chi connectivity index (χ4v) is 3.49. The number of thiazole rings is 1. The van der Waals surface area contributed by atoms with Crippen LogP contribution < -0.4 is 14.8 Å². The van der Waals surface area contributed by atoms with Gasteiger partial charge < -0.3 is 24.4 Å². The number of nitrogens with zero attached hydrogens (tertiary/aromatic N) is 3. The third kappa shape index (κ3) is 6.81. The maximum absolute atomic E-state index is 12.6. The molecule has 166 valence electrons. The van der Waals surface area contributed by atoms with Crippen molar-refractivity contribution in [2.45, 2.75) is 39.7 Å². The van der Waals surface area contributed by atoms with E-state index in [2.05, 4.69) is 20.0 Å². The Kier molecular flexibility index (Phi) is 9.25. The Morgan fingerprint density at radius 3 is 2.70 bits per heavy atom. The van der Waals surface area contributed by atoms with Crippen LogP contribution in [0.25, 0.3) is 0 Å². The number of ether oxygens (including phenoxy) is 3. The Morgan fingerprint density at radius 2 is 2.07 bits per heavy atom. The summed E-state index contributed by atoms with van der Waals surface area (Å²) in [7, 11) is 4.98. The molecule has 0 bridgehead atoms.